The van der Waals surface area contributed by atoms with Gasteiger partial charge in [-0.15, -0.1) is 0 Å². The molecule has 1 fully saturated rings. The lowest BCUT2D eigenvalue weighted by Crippen LogP contribution is -2.36. The van der Waals surface area contributed by atoms with Crippen LogP contribution in [0.4, 0.5) is 5.95 Å². The van der Waals surface area contributed by atoms with Crippen LogP contribution in [-0.4, -0.2) is 37.4 Å². The molecule has 1 N–H and O–H groups in total. The summed E-state index contributed by atoms with van der Waals surface area (Å²) in [6, 6.07) is 24.4. The van der Waals surface area contributed by atoms with Crippen molar-refractivity contribution in [1.29, 1.82) is 0 Å². The average Bonchev–Trinajstić information content (AvgIpc) is 2.98. The Morgan fingerprint density at radius 2 is 1.67 bits per heavy atom. The molecular weight excluding hydrogens is 568 g/mol. The molecule has 7 nitrogen and oxygen atoms in total. The summed E-state index contributed by atoms with van der Waals surface area (Å²) in [5.41, 5.74) is 3.76. The smallest absolute Gasteiger partial charge is 0.268 e. The largest absolute Gasteiger partial charge is 0.341 e. The third kappa shape index (κ3) is 7.36. The maximum absolute atomic E-state index is 13.4. The van der Waals surface area contributed by atoms with Gasteiger partial charge in [-0.2, -0.15) is 0 Å². The topological polar surface area (TPSA) is 92.3 Å². The molecule has 42 heavy (non-hydrogen) atoms. The SMILES string of the molecule is CC(C)c1ccc(S(=O)(=O)NC(=O)c2cnc(N3CCC(Cc4ccccc4)CC3)nc2Cc2cccc(Cl)c2)cc1. The minimum atomic E-state index is -4.10. The van der Waals surface area contributed by atoms with E-state index in [-0.39, 0.29) is 16.4 Å². The zero-order valence-corrected chi connectivity index (χ0v) is 25.4. The van der Waals surface area contributed by atoms with Crippen LogP contribution in [0.3, 0.4) is 0 Å². The third-order valence-corrected chi connectivity index (χ3v) is 9.29. The summed E-state index contributed by atoms with van der Waals surface area (Å²) in [5, 5.41) is 0.570. The van der Waals surface area contributed by atoms with E-state index in [4.69, 9.17) is 16.6 Å². The Balaban J connectivity index is 1.36. The van der Waals surface area contributed by atoms with Gasteiger partial charge in [-0.25, -0.2) is 23.1 Å². The van der Waals surface area contributed by atoms with E-state index in [1.54, 1.807) is 18.2 Å². The van der Waals surface area contributed by atoms with Gasteiger partial charge in [-0.3, -0.25) is 4.79 Å². The summed E-state index contributed by atoms with van der Waals surface area (Å²) < 4.78 is 28.4. The Labute approximate surface area is 253 Å². The minimum Gasteiger partial charge on any atom is -0.341 e. The lowest BCUT2D eigenvalue weighted by Gasteiger charge is -2.32. The Kier molecular flexibility index (Phi) is 9.24. The van der Waals surface area contributed by atoms with Gasteiger partial charge in [0.05, 0.1) is 16.2 Å². The first-order valence-corrected chi connectivity index (χ1v) is 16.1. The molecule has 0 saturated carbocycles. The van der Waals surface area contributed by atoms with E-state index in [1.807, 2.05) is 38.1 Å². The molecule has 5 rings (SSSR count). The second kappa shape index (κ2) is 13.0. The molecule has 4 aromatic rings. The first-order chi connectivity index (χ1) is 20.2. The van der Waals surface area contributed by atoms with Gasteiger partial charge in [0.15, 0.2) is 0 Å². The highest BCUT2D eigenvalue weighted by atomic mass is 35.5. The van der Waals surface area contributed by atoms with E-state index in [9.17, 15) is 13.2 Å². The molecule has 1 aliphatic heterocycles. The van der Waals surface area contributed by atoms with Gasteiger partial charge in [0.2, 0.25) is 5.95 Å². The molecule has 0 aliphatic carbocycles. The number of hydrogen-bond acceptors (Lipinski definition) is 6. The van der Waals surface area contributed by atoms with Crippen molar-refractivity contribution in [2.45, 2.75) is 50.3 Å². The lowest BCUT2D eigenvalue weighted by molar-refractivity contribution is 0.0980. The molecule has 0 radical (unpaired) electrons. The van der Waals surface area contributed by atoms with Crippen LogP contribution in [-0.2, 0) is 22.9 Å². The fourth-order valence-corrected chi connectivity index (χ4v) is 6.46. The van der Waals surface area contributed by atoms with Gasteiger partial charge in [-0.1, -0.05) is 80.0 Å². The number of carbonyl (C=O) groups excluding carboxylic acids is 1. The number of benzene rings is 3. The molecule has 0 bridgehead atoms. The van der Waals surface area contributed by atoms with Crippen molar-refractivity contribution >= 4 is 33.5 Å². The molecule has 3 aromatic carbocycles. The van der Waals surface area contributed by atoms with Crippen LogP contribution in [0.5, 0.6) is 0 Å². The van der Waals surface area contributed by atoms with Crippen LogP contribution in [0, 0.1) is 5.92 Å². The van der Waals surface area contributed by atoms with Crippen molar-refractivity contribution in [2.24, 2.45) is 5.92 Å². The van der Waals surface area contributed by atoms with Gasteiger partial charge < -0.3 is 4.90 Å². The number of carbonyl (C=O) groups is 1. The predicted molar refractivity (Wildman–Crippen MR) is 167 cm³/mol. The Morgan fingerprint density at radius 1 is 0.976 bits per heavy atom. The molecule has 0 unspecified atom stereocenters. The van der Waals surface area contributed by atoms with Gasteiger partial charge >= 0.3 is 0 Å². The molecule has 1 saturated heterocycles. The number of rotatable bonds is 9. The van der Waals surface area contributed by atoms with Crippen molar-refractivity contribution in [3.05, 3.63) is 118 Å². The number of sulfonamides is 1. The van der Waals surface area contributed by atoms with Crippen LogP contribution in [0.1, 0.15) is 65.3 Å². The van der Waals surface area contributed by atoms with Gasteiger partial charge in [0, 0.05) is 30.7 Å². The first-order valence-electron chi connectivity index (χ1n) is 14.2. The van der Waals surface area contributed by atoms with E-state index in [0.717, 1.165) is 43.5 Å². The highest BCUT2D eigenvalue weighted by Crippen LogP contribution is 2.26. The Hall–Kier alpha value is -3.75. The second-order valence-corrected chi connectivity index (χ2v) is 13.2. The first kappa shape index (κ1) is 29.7. The number of amides is 1. The number of halogens is 1. The number of anilines is 1. The van der Waals surface area contributed by atoms with Crippen LogP contribution >= 0.6 is 11.6 Å². The zero-order valence-electron chi connectivity index (χ0n) is 23.8. The van der Waals surface area contributed by atoms with E-state index < -0.39 is 15.9 Å². The van der Waals surface area contributed by atoms with Crippen molar-refractivity contribution in [2.75, 3.05) is 18.0 Å². The second-order valence-electron chi connectivity index (χ2n) is 11.1. The molecule has 2 heterocycles. The monoisotopic (exact) mass is 602 g/mol. The molecule has 1 aliphatic rings. The van der Waals surface area contributed by atoms with Crippen LogP contribution in [0.2, 0.25) is 5.02 Å². The number of nitrogens with one attached hydrogen (secondary N) is 1. The zero-order chi connectivity index (χ0) is 29.7. The quantitative estimate of drug-likeness (QED) is 0.238. The molecule has 0 atom stereocenters. The summed E-state index contributed by atoms with van der Waals surface area (Å²) in [7, 11) is -4.10. The van der Waals surface area contributed by atoms with Gasteiger partial charge in [0.1, 0.15) is 0 Å². The molecule has 218 valence electrons. The van der Waals surface area contributed by atoms with E-state index in [2.05, 4.69) is 38.9 Å². The number of hydrogen-bond donors (Lipinski definition) is 1. The Bertz CT molecular complexity index is 1640. The highest BCUT2D eigenvalue weighted by molar-refractivity contribution is 7.90. The molecule has 0 spiro atoms. The summed E-state index contributed by atoms with van der Waals surface area (Å²) in [6.07, 6.45) is 4.80. The van der Waals surface area contributed by atoms with Crippen LogP contribution < -0.4 is 9.62 Å². The van der Waals surface area contributed by atoms with Crippen molar-refractivity contribution < 1.29 is 13.2 Å². The number of piperidine rings is 1. The summed E-state index contributed by atoms with van der Waals surface area (Å²) in [4.78, 5) is 24.9. The van der Waals surface area contributed by atoms with Gasteiger partial charge in [-0.05, 0) is 72.1 Å². The summed E-state index contributed by atoms with van der Waals surface area (Å²) >= 11 is 6.22. The summed E-state index contributed by atoms with van der Waals surface area (Å²) in [5.74, 6) is 0.608. The molecule has 9 heteroatoms. The standard InChI is InChI=1S/C33H35ClN4O3S/c1-23(2)27-11-13-29(14-12-27)42(40,41)37-32(39)30-22-35-33(36-31(30)21-26-9-6-10-28(34)20-26)38-17-15-25(16-18-38)19-24-7-4-3-5-8-24/h3-14,20,22-23,25H,15-19,21H2,1-2H3,(H,37,39). The third-order valence-electron chi connectivity index (χ3n) is 7.71. The predicted octanol–water partition coefficient (Wildman–Crippen LogP) is 6.42. The average molecular weight is 603 g/mol. The van der Waals surface area contributed by atoms with Crippen molar-refractivity contribution in [3.8, 4) is 0 Å². The molecule has 1 amide bonds. The minimum absolute atomic E-state index is 0.0209. The van der Waals surface area contributed by atoms with Crippen LogP contribution in [0.15, 0.2) is 90.0 Å². The van der Waals surface area contributed by atoms with Gasteiger partial charge in [0.25, 0.3) is 15.9 Å². The number of aromatic nitrogens is 2. The maximum atomic E-state index is 13.4. The van der Waals surface area contributed by atoms with E-state index >= 15 is 0 Å². The molecule has 1 aromatic heterocycles. The summed E-state index contributed by atoms with van der Waals surface area (Å²) in [6.45, 7) is 5.67. The maximum Gasteiger partial charge on any atom is 0.268 e. The Morgan fingerprint density at radius 3 is 2.33 bits per heavy atom. The normalized spacial score (nSPS) is 14.2. The molecular formula is C33H35ClN4O3S. The van der Waals surface area contributed by atoms with Crippen molar-refractivity contribution in [3.63, 3.8) is 0 Å². The van der Waals surface area contributed by atoms with Crippen molar-refractivity contribution in [1.82, 2.24) is 14.7 Å². The number of nitrogens with zero attached hydrogens (tertiary/aromatic N) is 3. The fraction of sp³-hybridized carbons (Fsp3) is 0.303. The van der Waals surface area contributed by atoms with E-state index in [0.29, 0.717) is 29.0 Å². The van der Waals surface area contributed by atoms with E-state index in [1.165, 1.54) is 23.9 Å². The fourth-order valence-electron chi connectivity index (χ4n) is 5.28. The van der Waals surface area contributed by atoms with Crippen LogP contribution in [0.25, 0.3) is 0 Å². The highest BCUT2D eigenvalue weighted by Gasteiger charge is 2.25. The lowest BCUT2D eigenvalue weighted by atomic mass is 9.90.